The summed E-state index contributed by atoms with van der Waals surface area (Å²) in [6.07, 6.45) is 0.264. The second-order valence-electron chi connectivity index (χ2n) is 5.69. The van der Waals surface area contributed by atoms with Gasteiger partial charge in [0.15, 0.2) is 5.78 Å². The van der Waals surface area contributed by atoms with E-state index in [1.807, 2.05) is 12.1 Å². The van der Waals surface area contributed by atoms with Gasteiger partial charge in [-0.2, -0.15) is 0 Å². The molecule has 3 rings (SSSR count). The fraction of sp³-hybridized carbons (Fsp3) is 0.211. The number of benzene rings is 2. The van der Waals surface area contributed by atoms with Crippen LogP contribution >= 0.6 is 15.9 Å². The van der Waals surface area contributed by atoms with Crippen molar-refractivity contribution < 1.29 is 19.1 Å². The molecule has 1 atom stereocenters. The average molecular weight is 402 g/mol. The molecule has 2 amide bonds. The lowest BCUT2D eigenvalue weighted by Gasteiger charge is -2.24. The molecule has 0 N–H and O–H groups in total. The third kappa shape index (κ3) is 3.22. The third-order valence-corrected chi connectivity index (χ3v) is 4.78. The second kappa shape index (κ2) is 7.19. The number of ketones is 1. The summed E-state index contributed by atoms with van der Waals surface area (Å²) in [5.41, 5.74) is 1.53. The Bertz CT molecular complexity index is 797. The molecule has 1 heterocycles. The maximum atomic E-state index is 12.7. The van der Waals surface area contributed by atoms with E-state index in [9.17, 15) is 14.4 Å². The van der Waals surface area contributed by atoms with E-state index >= 15 is 0 Å². The Labute approximate surface area is 153 Å². The van der Waals surface area contributed by atoms with Crippen molar-refractivity contribution >= 4 is 33.5 Å². The molecule has 1 aliphatic heterocycles. The van der Waals surface area contributed by atoms with Crippen LogP contribution in [0.5, 0.6) is 5.75 Å². The quantitative estimate of drug-likeness (QED) is 0.551. The fourth-order valence-corrected chi connectivity index (χ4v) is 3.29. The molecular formula is C19H16BrNO4. The number of nitrogens with zero attached hydrogens (tertiary/aromatic N) is 1. The summed E-state index contributed by atoms with van der Waals surface area (Å²) in [6, 6.07) is 13.0. The fourth-order valence-electron chi connectivity index (χ4n) is 2.91. The van der Waals surface area contributed by atoms with Gasteiger partial charge in [0.05, 0.1) is 23.6 Å². The zero-order chi connectivity index (χ0) is 18.0. The largest absolute Gasteiger partial charge is 0.497 e. The first kappa shape index (κ1) is 17.4. The number of carbonyl (C=O) groups excluding carboxylic acids is 3. The number of imide groups is 1. The van der Waals surface area contributed by atoms with E-state index in [4.69, 9.17) is 4.74 Å². The molecule has 0 bridgehead atoms. The van der Waals surface area contributed by atoms with Crippen molar-refractivity contribution in [2.24, 2.45) is 0 Å². The minimum absolute atomic E-state index is 0.0707. The molecular weight excluding hydrogens is 386 g/mol. The summed E-state index contributed by atoms with van der Waals surface area (Å²) in [5.74, 6) is -0.361. The first-order valence-corrected chi connectivity index (χ1v) is 8.87. The predicted octanol–water partition coefficient (Wildman–Crippen LogP) is 2.87. The van der Waals surface area contributed by atoms with Crippen molar-refractivity contribution in [3.05, 3.63) is 65.2 Å². The number of alkyl halides is 1. The monoisotopic (exact) mass is 401 g/mol. The van der Waals surface area contributed by atoms with Gasteiger partial charge in [-0.05, 0) is 29.8 Å². The summed E-state index contributed by atoms with van der Waals surface area (Å²) in [4.78, 5) is 38.9. The highest BCUT2D eigenvalue weighted by atomic mass is 79.9. The molecule has 0 radical (unpaired) electrons. The van der Waals surface area contributed by atoms with Crippen LogP contribution in [0.1, 0.15) is 26.3 Å². The average Bonchev–Trinajstić information content (AvgIpc) is 2.91. The number of ether oxygens (including phenoxy) is 1. The van der Waals surface area contributed by atoms with E-state index < -0.39 is 17.9 Å². The summed E-state index contributed by atoms with van der Waals surface area (Å²) >= 11 is 3.15. The summed E-state index contributed by atoms with van der Waals surface area (Å²) in [6.45, 7) is 0. The van der Waals surface area contributed by atoms with Gasteiger partial charge in [-0.25, -0.2) is 0 Å². The molecule has 2 aromatic rings. The molecule has 1 aliphatic rings. The Morgan fingerprint density at radius 3 is 2.08 bits per heavy atom. The topological polar surface area (TPSA) is 63.7 Å². The van der Waals surface area contributed by atoms with E-state index in [2.05, 4.69) is 15.9 Å². The third-order valence-electron chi connectivity index (χ3n) is 4.23. The highest BCUT2D eigenvalue weighted by Gasteiger charge is 2.42. The Morgan fingerprint density at radius 2 is 1.60 bits per heavy atom. The van der Waals surface area contributed by atoms with Crippen LogP contribution in [-0.2, 0) is 11.2 Å². The molecule has 6 heteroatoms. The molecule has 0 spiro atoms. The SMILES string of the molecule is COc1ccc(CC(C(=O)CBr)N2C(=O)c3ccccc3C2=O)cc1. The number of hydrogen-bond acceptors (Lipinski definition) is 4. The first-order chi connectivity index (χ1) is 12.1. The molecule has 128 valence electrons. The maximum Gasteiger partial charge on any atom is 0.262 e. The number of Topliss-reactive ketones (excluding diaryl/α,β-unsaturated/α-hetero) is 1. The van der Waals surface area contributed by atoms with Crippen molar-refractivity contribution in [1.29, 1.82) is 0 Å². The van der Waals surface area contributed by atoms with Crippen LogP contribution in [0.15, 0.2) is 48.5 Å². The Hall–Kier alpha value is -2.47. The Balaban J connectivity index is 1.93. The second-order valence-corrected chi connectivity index (χ2v) is 6.25. The van der Waals surface area contributed by atoms with Crippen molar-refractivity contribution in [2.45, 2.75) is 12.5 Å². The Kier molecular flexibility index (Phi) is 4.99. The summed E-state index contributed by atoms with van der Waals surface area (Å²) in [5, 5.41) is 0.0707. The molecule has 0 saturated heterocycles. The lowest BCUT2D eigenvalue weighted by Crippen LogP contribution is -2.46. The van der Waals surface area contributed by atoms with E-state index in [1.165, 1.54) is 0 Å². The van der Waals surface area contributed by atoms with Gasteiger partial charge in [-0.1, -0.05) is 40.2 Å². The van der Waals surface area contributed by atoms with Crippen molar-refractivity contribution in [3.8, 4) is 5.75 Å². The van der Waals surface area contributed by atoms with E-state index in [0.29, 0.717) is 16.9 Å². The van der Waals surface area contributed by atoms with Crippen LogP contribution in [0.25, 0.3) is 0 Å². The standard InChI is InChI=1S/C19H16BrNO4/c1-25-13-8-6-12(7-9-13)10-16(17(22)11-20)21-18(23)14-4-2-3-5-15(14)19(21)24/h2-9,16H,10-11H2,1H3. The molecule has 25 heavy (non-hydrogen) atoms. The van der Waals surface area contributed by atoms with Crippen LogP contribution in [0.3, 0.4) is 0 Å². The van der Waals surface area contributed by atoms with E-state index in [1.54, 1.807) is 43.5 Å². The van der Waals surface area contributed by atoms with Gasteiger partial charge in [0, 0.05) is 6.42 Å². The van der Waals surface area contributed by atoms with Gasteiger partial charge in [-0.15, -0.1) is 0 Å². The maximum absolute atomic E-state index is 12.7. The van der Waals surface area contributed by atoms with Gasteiger partial charge < -0.3 is 4.74 Å². The number of fused-ring (bicyclic) bond motifs is 1. The number of carbonyl (C=O) groups is 3. The molecule has 0 saturated carbocycles. The number of hydrogen-bond donors (Lipinski definition) is 0. The van der Waals surface area contributed by atoms with Gasteiger partial charge in [0.1, 0.15) is 11.8 Å². The number of amides is 2. The lowest BCUT2D eigenvalue weighted by molar-refractivity contribution is -0.120. The lowest BCUT2D eigenvalue weighted by atomic mass is 10.0. The van der Waals surface area contributed by atoms with Crippen LogP contribution in [0.4, 0.5) is 0 Å². The zero-order valence-corrected chi connectivity index (χ0v) is 15.2. The first-order valence-electron chi connectivity index (χ1n) is 7.75. The van der Waals surface area contributed by atoms with Crippen molar-refractivity contribution in [2.75, 3.05) is 12.4 Å². The number of methoxy groups -OCH3 is 1. The number of rotatable bonds is 6. The minimum Gasteiger partial charge on any atom is -0.497 e. The molecule has 0 aromatic heterocycles. The molecule has 5 nitrogen and oxygen atoms in total. The Morgan fingerprint density at radius 1 is 1.04 bits per heavy atom. The van der Waals surface area contributed by atoms with Crippen LogP contribution in [0.2, 0.25) is 0 Å². The molecule has 1 unspecified atom stereocenters. The zero-order valence-electron chi connectivity index (χ0n) is 13.6. The van der Waals surface area contributed by atoms with Gasteiger partial charge in [-0.3, -0.25) is 19.3 Å². The van der Waals surface area contributed by atoms with E-state index in [-0.39, 0.29) is 17.5 Å². The van der Waals surface area contributed by atoms with Crippen LogP contribution in [-0.4, -0.2) is 41.0 Å². The molecule has 0 aliphatic carbocycles. The van der Waals surface area contributed by atoms with Gasteiger partial charge >= 0.3 is 0 Å². The van der Waals surface area contributed by atoms with Crippen molar-refractivity contribution in [1.82, 2.24) is 4.90 Å². The van der Waals surface area contributed by atoms with Crippen LogP contribution in [0, 0.1) is 0 Å². The molecule has 2 aromatic carbocycles. The highest BCUT2D eigenvalue weighted by molar-refractivity contribution is 9.09. The van der Waals surface area contributed by atoms with Gasteiger partial charge in [0.2, 0.25) is 0 Å². The van der Waals surface area contributed by atoms with Gasteiger partial charge in [0.25, 0.3) is 11.8 Å². The highest BCUT2D eigenvalue weighted by Crippen LogP contribution is 2.27. The summed E-state index contributed by atoms with van der Waals surface area (Å²) < 4.78 is 5.13. The van der Waals surface area contributed by atoms with E-state index in [0.717, 1.165) is 10.5 Å². The minimum atomic E-state index is -0.847. The smallest absolute Gasteiger partial charge is 0.262 e. The molecule has 0 fully saturated rings. The summed E-state index contributed by atoms with van der Waals surface area (Å²) in [7, 11) is 1.57. The predicted molar refractivity (Wildman–Crippen MR) is 96.2 cm³/mol. The normalized spacial score (nSPS) is 14.4. The van der Waals surface area contributed by atoms with Crippen molar-refractivity contribution in [3.63, 3.8) is 0 Å². The van der Waals surface area contributed by atoms with Crippen LogP contribution < -0.4 is 4.74 Å². The number of halogens is 1.